The minimum Gasteiger partial charge on any atom is -0.490 e. The van der Waals surface area contributed by atoms with Gasteiger partial charge >= 0.3 is 0 Å². The third-order valence-electron chi connectivity index (χ3n) is 5.25. The number of rotatable bonds is 7. The van der Waals surface area contributed by atoms with Crippen LogP contribution in [0, 0.1) is 12.3 Å². The molecule has 0 fully saturated rings. The van der Waals surface area contributed by atoms with Crippen LogP contribution in [0.2, 0.25) is 0 Å². The van der Waals surface area contributed by atoms with Crippen molar-refractivity contribution in [3.8, 4) is 11.5 Å². The van der Waals surface area contributed by atoms with Crippen LogP contribution in [-0.2, 0) is 4.79 Å². The molecule has 0 unspecified atom stereocenters. The molecule has 5 rings (SSSR count). The van der Waals surface area contributed by atoms with Crippen molar-refractivity contribution < 1.29 is 14.3 Å². The van der Waals surface area contributed by atoms with Crippen LogP contribution in [0.3, 0.4) is 0 Å². The number of hydrogen-bond acceptors (Lipinski definition) is 6. The molecule has 0 saturated heterocycles. The SMILES string of the molecule is Cc1cccc(OCCOc2cccc(C=C3C(=N)N4N=C(c5ccccc5)SC4=NC3=O)c2)c1. The lowest BCUT2D eigenvalue weighted by atomic mass is 10.1. The normalized spacial score (nSPS) is 16.1. The van der Waals surface area contributed by atoms with Crippen molar-refractivity contribution >= 4 is 39.8 Å². The van der Waals surface area contributed by atoms with E-state index in [2.05, 4.69) is 10.1 Å². The van der Waals surface area contributed by atoms with Crippen LogP contribution in [-0.4, -0.2) is 40.2 Å². The molecule has 1 amide bonds. The van der Waals surface area contributed by atoms with Gasteiger partial charge in [-0.25, -0.2) is 0 Å². The topological polar surface area (TPSA) is 87.3 Å². The third-order valence-corrected chi connectivity index (χ3v) is 6.21. The molecule has 2 heterocycles. The van der Waals surface area contributed by atoms with Crippen LogP contribution in [0.1, 0.15) is 16.7 Å². The summed E-state index contributed by atoms with van der Waals surface area (Å²) in [5, 5.41) is 15.6. The highest BCUT2D eigenvalue weighted by molar-refractivity contribution is 8.27. The van der Waals surface area contributed by atoms with Gasteiger partial charge in [0.05, 0.1) is 5.57 Å². The van der Waals surface area contributed by atoms with Crippen molar-refractivity contribution in [2.75, 3.05) is 13.2 Å². The number of benzene rings is 3. The molecule has 35 heavy (non-hydrogen) atoms. The summed E-state index contributed by atoms with van der Waals surface area (Å²) in [6.45, 7) is 2.80. The number of hydrogen-bond donors (Lipinski definition) is 1. The molecule has 0 spiro atoms. The lowest BCUT2D eigenvalue weighted by Crippen LogP contribution is -2.35. The fourth-order valence-corrected chi connectivity index (χ4v) is 4.47. The molecule has 3 aromatic carbocycles. The molecule has 2 aliphatic rings. The van der Waals surface area contributed by atoms with Crippen LogP contribution in [0.25, 0.3) is 6.08 Å². The van der Waals surface area contributed by atoms with Crippen LogP contribution in [0.15, 0.2) is 94.5 Å². The number of carbonyl (C=O) groups excluding carboxylic acids is 1. The third kappa shape index (κ3) is 5.17. The molecule has 0 aromatic heterocycles. The fourth-order valence-electron chi connectivity index (χ4n) is 3.57. The zero-order valence-electron chi connectivity index (χ0n) is 19.0. The number of carbonyl (C=O) groups is 1. The number of thioether (sulfide) groups is 1. The number of nitrogens with zero attached hydrogens (tertiary/aromatic N) is 3. The van der Waals surface area contributed by atoms with Gasteiger partial charge in [-0.3, -0.25) is 10.2 Å². The maximum absolute atomic E-state index is 12.7. The first-order chi connectivity index (χ1) is 17.1. The summed E-state index contributed by atoms with van der Waals surface area (Å²) in [6.07, 6.45) is 1.64. The van der Waals surface area contributed by atoms with Gasteiger partial charge in [-0.05, 0) is 60.2 Å². The van der Waals surface area contributed by atoms with Crippen LogP contribution in [0.5, 0.6) is 11.5 Å². The maximum Gasteiger partial charge on any atom is 0.283 e. The molecule has 8 heteroatoms. The Morgan fingerprint density at radius 2 is 1.66 bits per heavy atom. The van der Waals surface area contributed by atoms with Crippen molar-refractivity contribution in [1.29, 1.82) is 5.41 Å². The molecule has 3 aromatic rings. The average molecular weight is 483 g/mol. The molecular formula is C27H22N4O3S. The monoisotopic (exact) mass is 482 g/mol. The molecule has 7 nitrogen and oxygen atoms in total. The summed E-state index contributed by atoms with van der Waals surface area (Å²) >= 11 is 1.28. The number of ether oxygens (including phenoxy) is 2. The van der Waals surface area contributed by atoms with Gasteiger partial charge in [0.1, 0.15) is 29.8 Å². The highest BCUT2D eigenvalue weighted by Gasteiger charge is 2.35. The van der Waals surface area contributed by atoms with Gasteiger partial charge in [0, 0.05) is 5.56 Å². The van der Waals surface area contributed by atoms with Gasteiger partial charge in [0.2, 0.25) is 5.17 Å². The molecule has 0 aliphatic carbocycles. The zero-order chi connectivity index (χ0) is 24.2. The Morgan fingerprint density at radius 1 is 0.943 bits per heavy atom. The predicted molar refractivity (Wildman–Crippen MR) is 139 cm³/mol. The number of hydrazone groups is 1. The second-order valence-corrected chi connectivity index (χ2v) is 8.83. The Balaban J connectivity index is 1.26. The standard InChI is InChI=1S/C27H22N4O3S/c1-18-7-5-11-21(15-18)33-13-14-34-22-12-6-8-19(16-22)17-23-24(28)31-27(29-25(23)32)35-26(30-31)20-9-3-2-4-10-20/h2-12,15-17,28H,13-14H2,1H3. The van der Waals surface area contributed by atoms with Crippen molar-refractivity contribution in [2.24, 2.45) is 10.1 Å². The number of amides is 1. The van der Waals surface area contributed by atoms with Crippen molar-refractivity contribution in [1.82, 2.24) is 5.01 Å². The fraction of sp³-hybridized carbons (Fsp3) is 0.111. The van der Waals surface area contributed by atoms with Gasteiger partial charge in [-0.1, -0.05) is 54.6 Å². The largest absolute Gasteiger partial charge is 0.490 e. The van der Waals surface area contributed by atoms with E-state index in [1.165, 1.54) is 16.8 Å². The lowest BCUT2D eigenvalue weighted by molar-refractivity contribution is -0.114. The zero-order valence-corrected chi connectivity index (χ0v) is 19.8. The lowest BCUT2D eigenvalue weighted by Gasteiger charge is -2.20. The van der Waals surface area contributed by atoms with E-state index in [1.807, 2.05) is 85.8 Å². The van der Waals surface area contributed by atoms with Crippen LogP contribution < -0.4 is 9.47 Å². The number of amidine groups is 2. The second-order valence-electron chi connectivity index (χ2n) is 7.88. The summed E-state index contributed by atoms with van der Waals surface area (Å²) in [5.74, 6) is 0.985. The van der Waals surface area contributed by atoms with E-state index in [9.17, 15) is 4.79 Å². The van der Waals surface area contributed by atoms with E-state index in [-0.39, 0.29) is 11.4 Å². The molecule has 1 N–H and O–H groups in total. The van der Waals surface area contributed by atoms with Gasteiger partial charge in [-0.15, -0.1) is 0 Å². The van der Waals surface area contributed by atoms with Crippen LogP contribution >= 0.6 is 11.8 Å². The number of fused-ring (bicyclic) bond motifs is 1. The summed E-state index contributed by atoms with van der Waals surface area (Å²) in [6, 6.07) is 24.8. The van der Waals surface area contributed by atoms with Crippen LogP contribution in [0.4, 0.5) is 0 Å². The minimum atomic E-state index is -0.462. The highest BCUT2D eigenvalue weighted by Crippen LogP contribution is 2.31. The smallest absolute Gasteiger partial charge is 0.283 e. The quantitative estimate of drug-likeness (QED) is 0.373. The Morgan fingerprint density at radius 3 is 2.40 bits per heavy atom. The van der Waals surface area contributed by atoms with E-state index in [0.29, 0.717) is 29.2 Å². The minimum absolute atomic E-state index is 0.00342. The molecule has 0 atom stereocenters. The maximum atomic E-state index is 12.7. The first-order valence-electron chi connectivity index (χ1n) is 11.0. The molecular weight excluding hydrogens is 460 g/mol. The van der Waals surface area contributed by atoms with E-state index in [0.717, 1.165) is 22.4 Å². The van der Waals surface area contributed by atoms with E-state index in [4.69, 9.17) is 14.9 Å². The Labute approximate surface area is 207 Å². The molecule has 0 saturated carbocycles. The number of aryl methyl sites for hydroxylation is 1. The highest BCUT2D eigenvalue weighted by atomic mass is 32.2. The van der Waals surface area contributed by atoms with Crippen molar-refractivity contribution in [2.45, 2.75) is 6.92 Å². The van der Waals surface area contributed by atoms with E-state index in [1.54, 1.807) is 6.08 Å². The first kappa shape index (κ1) is 22.6. The number of nitrogens with one attached hydrogen (secondary N) is 1. The summed E-state index contributed by atoms with van der Waals surface area (Å²) in [7, 11) is 0. The van der Waals surface area contributed by atoms with E-state index < -0.39 is 5.91 Å². The van der Waals surface area contributed by atoms with Crippen molar-refractivity contribution in [3.05, 3.63) is 101 Å². The molecule has 0 bridgehead atoms. The Bertz CT molecular complexity index is 1380. The Hall–Kier alpha value is -4.17. The molecule has 0 radical (unpaired) electrons. The summed E-state index contributed by atoms with van der Waals surface area (Å²) in [5.41, 5.74) is 2.95. The van der Waals surface area contributed by atoms with Gasteiger partial charge in [0.25, 0.3) is 5.91 Å². The van der Waals surface area contributed by atoms with Gasteiger partial charge in [0.15, 0.2) is 5.84 Å². The second kappa shape index (κ2) is 9.99. The molecule has 2 aliphatic heterocycles. The predicted octanol–water partition coefficient (Wildman–Crippen LogP) is 5.12. The first-order valence-corrected chi connectivity index (χ1v) is 11.9. The Kier molecular flexibility index (Phi) is 6.45. The van der Waals surface area contributed by atoms with Gasteiger partial charge in [-0.2, -0.15) is 15.1 Å². The molecule has 174 valence electrons. The summed E-state index contributed by atoms with van der Waals surface area (Å²) < 4.78 is 11.5. The van der Waals surface area contributed by atoms with Gasteiger partial charge < -0.3 is 9.47 Å². The average Bonchev–Trinajstić information content (AvgIpc) is 3.30. The number of aliphatic imine (C=N–C) groups is 1. The summed E-state index contributed by atoms with van der Waals surface area (Å²) in [4.78, 5) is 16.9. The van der Waals surface area contributed by atoms with Crippen molar-refractivity contribution in [3.63, 3.8) is 0 Å². The van der Waals surface area contributed by atoms with E-state index >= 15 is 0 Å².